The standard InChI is InChI=1S/C11H12/c1-2-9-7-8-10-5-3-4-6-11(9)10/h3-7H,2,8H2,1H3. The zero-order valence-corrected chi connectivity index (χ0v) is 6.80. The zero-order valence-electron chi connectivity index (χ0n) is 6.80. The van der Waals surface area contributed by atoms with Crippen molar-refractivity contribution in [2.75, 3.05) is 0 Å². The first-order valence-electron chi connectivity index (χ1n) is 4.19. The van der Waals surface area contributed by atoms with Crippen LogP contribution < -0.4 is 0 Å². The van der Waals surface area contributed by atoms with Gasteiger partial charge in [-0.2, -0.15) is 0 Å². The van der Waals surface area contributed by atoms with Crippen molar-refractivity contribution >= 4 is 5.57 Å². The number of benzene rings is 1. The van der Waals surface area contributed by atoms with Crippen LogP contribution >= 0.6 is 0 Å². The molecule has 11 heavy (non-hydrogen) atoms. The lowest BCUT2D eigenvalue weighted by Gasteiger charge is -2.00. The molecule has 1 aliphatic carbocycles. The lowest BCUT2D eigenvalue weighted by molar-refractivity contribution is 1.25. The predicted molar refractivity (Wildman–Crippen MR) is 48.4 cm³/mol. The number of hydrogen-bond donors (Lipinski definition) is 0. The molecule has 2 rings (SSSR count). The first kappa shape index (κ1) is 6.66. The summed E-state index contributed by atoms with van der Waals surface area (Å²) in [5.74, 6) is 0. The normalized spacial score (nSPS) is 14.5. The van der Waals surface area contributed by atoms with Gasteiger partial charge in [-0.05, 0) is 29.5 Å². The van der Waals surface area contributed by atoms with Crippen LogP contribution in [0.3, 0.4) is 0 Å². The van der Waals surface area contributed by atoms with Gasteiger partial charge in [-0.15, -0.1) is 0 Å². The summed E-state index contributed by atoms with van der Waals surface area (Å²) in [5, 5.41) is 0. The summed E-state index contributed by atoms with van der Waals surface area (Å²) in [7, 11) is 0. The second-order valence-corrected chi connectivity index (χ2v) is 2.94. The molecule has 0 saturated carbocycles. The SMILES string of the molecule is CCC1=CCc2ccccc21. The molecule has 1 aromatic rings. The molecule has 0 heterocycles. The zero-order chi connectivity index (χ0) is 7.68. The minimum Gasteiger partial charge on any atom is -0.0763 e. The third kappa shape index (κ3) is 0.988. The van der Waals surface area contributed by atoms with Crippen molar-refractivity contribution in [3.05, 3.63) is 41.5 Å². The molecule has 0 nitrogen and oxygen atoms in total. The van der Waals surface area contributed by atoms with Crippen molar-refractivity contribution in [1.29, 1.82) is 0 Å². The Morgan fingerprint density at radius 2 is 2.09 bits per heavy atom. The molecule has 0 radical (unpaired) electrons. The van der Waals surface area contributed by atoms with Gasteiger partial charge in [0, 0.05) is 0 Å². The number of fused-ring (bicyclic) bond motifs is 1. The van der Waals surface area contributed by atoms with Gasteiger partial charge < -0.3 is 0 Å². The van der Waals surface area contributed by atoms with Crippen LogP contribution in [0.4, 0.5) is 0 Å². The maximum Gasteiger partial charge on any atom is -0.00854 e. The molecule has 0 saturated heterocycles. The summed E-state index contributed by atoms with van der Waals surface area (Å²) in [4.78, 5) is 0. The van der Waals surface area contributed by atoms with Crippen LogP contribution in [-0.4, -0.2) is 0 Å². The van der Waals surface area contributed by atoms with Crippen LogP contribution in [0.2, 0.25) is 0 Å². The van der Waals surface area contributed by atoms with Crippen LogP contribution in [0, 0.1) is 0 Å². The highest BCUT2D eigenvalue weighted by Crippen LogP contribution is 2.28. The highest BCUT2D eigenvalue weighted by Gasteiger charge is 2.09. The van der Waals surface area contributed by atoms with Gasteiger partial charge >= 0.3 is 0 Å². The summed E-state index contributed by atoms with van der Waals surface area (Å²) in [6.07, 6.45) is 4.64. The summed E-state index contributed by atoms with van der Waals surface area (Å²) in [6.45, 7) is 2.22. The Labute approximate surface area is 67.6 Å². The van der Waals surface area contributed by atoms with Gasteiger partial charge in [0.25, 0.3) is 0 Å². The van der Waals surface area contributed by atoms with Crippen molar-refractivity contribution in [3.8, 4) is 0 Å². The molecule has 0 aliphatic heterocycles. The molecule has 1 aromatic carbocycles. The second-order valence-electron chi connectivity index (χ2n) is 2.94. The van der Waals surface area contributed by atoms with E-state index in [2.05, 4.69) is 37.3 Å². The van der Waals surface area contributed by atoms with E-state index in [-0.39, 0.29) is 0 Å². The van der Waals surface area contributed by atoms with E-state index < -0.39 is 0 Å². The van der Waals surface area contributed by atoms with Crippen molar-refractivity contribution in [1.82, 2.24) is 0 Å². The fourth-order valence-electron chi connectivity index (χ4n) is 1.69. The lowest BCUT2D eigenvalue weighted by Crippen LogP contribution is -1.81. The average molecular weight is 144 g/mol. The van der Waals surface area contributed by atoms with E-state index >= 15 is 0 Å². The Morgan fingerprint density at radius 3 is 2.91 bits per heavy atom. The van der Waals surface area contributed by atoms with E-state index in [1.807, 2.05) is 0 Å². The first-order chi connectivity index (χ1) is 5.42. The van der Waals surface area contributed by atoms with Gasteiger partial charge in [-0.1, -0.05) is 37.3 Å². The minimum atomic E-state index is 1.14. The molecule has 0 aromatic heterocycles. The molecular formula is C11H12. The van der Waals surface area contributed by atoms with E-state index in [1.165, 1.54) is 16.7 Å². The molecule has 0 N–H and O–H groups in total. The summed E-state index contributed by atoms with van der Waals surface area (Å²) < 4.78 is 0. The highest BCUT2D eigenvalue weighted by molar-refractivity contribution is 5.72. The molecular weight excluding hydrogens is 132 g/mol. The average Bonchev–Trinajstić information content (AvgIpc) is 2.47. The van der Waals surface area contributed by atoms with Gasteiger partial charge in [-0.25, -0.2) is 0 Å². The fourth-order valence-corrected chi connectivity index (χ4v) is 1.69. The second kappa shape index (κ2) is 2.54. The first-order valence-corrected chi connectivity index (χ1v) is 4.19. The van der Waals surface area contributed by atoms with E-state index in [0.29, 0.717) is 0 Å². The van der Waals surface area contributed by atoms with Crippen LogP contribution in [-0.2, 0) is 6.42 Å². The summed E-state index contributed by atoms with van der Waals surface area (Å²) >= 11 is 0. The topological polar surface area (TPSA) is 0 Å². The molecule has 56 valence electrons. The van der Waals surface area contributed by atoms with Crippen molar-refractivity contribution in [2.24, 2.45) is 0 Å². The van der Waals surface area contributed by atoms with Crippen LogP contribution in [0.25, 0.3) is 5.57 Å². The lowest BCUT2D eigenvalue weighted by atomic mass is 10.0. The number of rotatable bonds is 1. The van der Waals surface area contributed by atoms with E-state index in [9.17, 15) is 0 Å². The fraction of sp³-hybridized carbons (Fsp3) is 0.273. The predicted octanol–water partition coefficient (Wildman–Crippen LogP) is 3.04. The highest BCUT2D eigenvalue weighted by atomic mass is 14.1. The molecule has 0 unspecified atom stereocenters. The van der Waals surface area contributed by atoms with Gasteiger partial charge in [0.15, 0.2) is 0 Å². The summed E-state index contributed by atoms with van der Waals surface area (Å²) in [5.41, 5.74) is 4.47. The van der Waals surface area contributed by atoms with Crippen molar-refractivity contribution in [2.45, 2.75) is 19.8 Å². The molecule has 0 atom stereocenters. The molecule has 0 heteroatoms. The van der Waals surface area contributed by atoms with E-state index in [4.69, 9.17) is 0 Å². The Balaban J connectivity index is 2.48. The molecule has 0 bridgehead atoms. The Kier molecular flexibility index (Phi) is 1.54. The molecule has 1 aliphatic rings. The van der Waals surface area contributed by atoms with Crippen molar-refractivity contribution in [3.63, 3.8) is 0 Å². The third-order valence-corrected chi connectivity index (χ3v) is 2.31. The summed E-state index contributed by atoms with van der Waals surface area (Å²) in [6, 6.07) is 8.67. The Hall–Kier alpha value is -1.04. The third-order valence-electron chi connectivity index (χ3n) is 2.31. The van der Waals surface area contributed by atoms with Crippen molar-refractivity contribution < 1.29 is 0 Å². The van der Waals surface area contributed by atoms with Gasteiger partial charge in [0.2, 0.25) is 0 Å². The van der Waals surface area contributed by atoms with Gasteiger partial charge in [0.1, 0.15) is 0 Å². The number of hydrogen-bond acceptors (Lipinski definition) is 0. The maximum absolute atomic E-state index is 2.34. The van der Waals surface area contributed by atoms with Crippen LogP contribution in [0.15, 0.2) is 30.3 Å². The maximum atomic E-state index is 2.34. The van der Waals surface area contributed by atoms with Crippen LogP contribution in [0.1, 0.15) is 24.5 Å². The monoisotopic (exact) mass is 144 g/mol. The Morgan fingerprint density at radius 1 is 1.27 bits per heavy atom. The number of allylic oxidation sites excluding steroid dienone is 2. The molecule has 0 spiro atoms. The smallest absolute Gasteiger partial charge is 0.00854 e. The van der Waals surface area contributed by atoms with E-state index in [0.717, 1.165) is 12.8 Å². The molecule has 0 amide bonds. The largest absolute Gasteiger partial charge is 0.0763 e. The Bertz CT molecular complexity index is 295. The van der Waals surface area contributed by atoms with Crippen LogP contribution in [0.5, 0.6) is 0 Å². The molecule has 0 fully saturated rings. The minimum absolute atomic E-state index is 1.14. The van der Waals surface area contributed by atoms with Gasteiger partial charge in [-0.3, -0.25) is 0 Å². The van der Waals surface area contributed by atoms with E-state index in [1.54, 1.807) is 0 Å². The quantitative estimate of drug-likeness (QED) is 0.568. The van der Waals surface area contributed by atoms with Gasteiger partial charge in [0.05, 0.1) is 0 Å².